The Kier molecular flexibility index (Phi) is 7.18. The predicted octanol–water partition coefficient (Wildman–Crippen LogP) is 5.85. The molecule has 194 valence electrons. The van der Waals surface area contributed by atoms with Crippen LogP contribution in [0, 0.1) is 11.6 Å². The van der Waals surface area contributed by atoms with E-state index in [-0.39, 0.29) is 23.6 Å². The summed E-state index contributed by atoms with van der Waals surface area (Å²) < 4.78 is 60.1. The Labute approximate surface area is 214 Å². The molecule has 0 unspecified atom stereocenters. The van der Waals surface area contributed by atoms with Gasteiger partial charge in [0.2, 0.25) is 0 Å². The smallest absolute Gasteiger partial charge is 0.280 e. The van der Waals surface area contributed by atoms with Crippen LogP contribution >= 0.6 is 0 Å². The van der Waals surface area contributed by atoms with Gasteiger partial charge in [-0.05, 0) is 42.5 Å². The number of fused-ring (bicyclic) bond motifs is 1. The first-order valence-electron chi connectivity index (χ1n) is 11.7. The molecule has 0 aliphatic heterocycles. The van der Waals surface area contributed by atoms with Gasteiger partial charge in [0, 0.05) is 17.5 Å². The number of halogens is 4. The highest BCUT2D eigenvalue weighted by Crippen LogP contribution is 2.33. The molecule has 0 aliphatic carbocycles. The number of aromatic amines is 1. The van der Waals surface area contributed by atoms with Crippen LogP contribution in [0.4, 0.5) is 23.2 Å². The highest BCUT2D eigenvalue weighted by Gasteiger charge is 2.19. The number of ether oxygens (including phenoxy) is 1. The van der Waals surface area contributed by atoms with Gasteiger partial charge in [-0.2, -0.15) is 0 Å². The number of hydrogen-bond acceptors (Lipinski definition) is 6. The first-order valence-corrected chi connectivity index (χ1v) is 11.7. The fourth-order valence-corrected chi connectivity index (χ4v) is 3.95. The van der Waals surface area contributed by atoms with Gasteiger partial charge in [-0.1, -0.05) is 18.2 Å². The molecule has 2 aromatic carbocycles. The van der Waals surface area contributed by atoms with Gasteiger partial charge < -0.3 is 20.8 Å². The predicted molar refractivity (Wildman–Crippen MR) is 136 cm³/mol. The van der Waals surface area contributed by atoms with Crippen LogP contribution in [0.2, 0.25) is 0 Å². The minimum atomic E-state index is -2.75. The van der Waals surface area contributed by atoms with Crippen molar-refractivity contribution in [2.45, 2.75) is 13.0 Å². The first kappa shape index (κ1) is 25.2. The topological polar surface area (TPSA) is 102 Å². The van der Waals surface area contributed by atoms with Crippen LogP contribution in [0.15, 0.2) is 66.9 Å². The Morgan fingerprint density at radius 2 is 1.84 bits per heavy atom. The normalized spacial score (nSPS) is 11.3. The van der Waals surface area contributed by atoms with Gasteiger partial charge >= 0.3 is 0 Å². The molecule has 3 aromatic heterocycles. The Morgan fingerprint density at radius 3 is 2.66 bits per heavy atom. The van der Waals surface area contributed by atoms with Crippen molar-refractivity contribution >= 4 is 16.6 Å². The van der Waals surface area contributed by atoms with Crippen LogP contribution in [-0.4, -0.2) is 33.1 Å². The molecule has 0 fully saturated rings. The maximum Gasteiger partial charge on any atom is 0.280 e. The number of nitrogens with two attached hydrogens (primary N) is 1. The minimum absolute atomic E-state index is 0.00806. The molecule has 0 saturated heterocycles. The van der Waals surface area contributed by atoms with Crippen molar-refractivity contribution in [2.24, 2.45) is 5.73 Å². The molecule has 0 bridgehead atoms. The largest absolute Gasteiger partial charge is 0.491 e. The summed E-state index contributed by atoms with van der Waals surface area (Å²) in [7, 11) is 0. The number of H-pyrrole nitrogens is 1. The number of hydrogen-bond donors (Lipinski definition) is 3. The minimum Gasteiger partial charge on any atom is -0.491 e. The third-order valence-electron chi connectivity index (χ3n) is 5.72. The Morgan fingerprint density at radius 1 is 1.00 bits per heavy atom. The van der Waals surface area contributed by atoms with Gasteiger partial charge in [0.05, 0.1) is 41.0 Å². The lowest BCUT2D eigenvalue weighted by atomic mass is 10.1. The summed E-state index contributed by atoms with van der Waals surface area (Å²) in [6.45, 7) is 0.703. The zero-order valence-corrected chi connectivity index (χ0v) is 19.9. The van der Waals surface area contributed by atoms with Crippen molar-refractivity contribution in [3.05, 3.63) is 90.0 Å². The number of aromatic nitrogens is 4. The monoisotopic (exact) mass is 522 g/mol. The second-order valence-corrected chi connectivity index (χ2v) is 8.33. The summed E-state index contributed by atoms with van der Waals surface area (Å²) in [5.74, 6) is -1.08. The summed E-state index contributed by atoms with van der Waals surface area (Å²) in [4.78, 5) is 16.2. The van der Waals surface area contributed by atoms with E-state index in [0.717, 1.165) is 11.5 Å². The van der Waals surface area contributed by atoms with Crippen molar-refractivity contribution in [3.63, 3.8) is 0 Å². The van der Waals surface area contributed by atoms with Gasteiger partial charge in [0.1, 0.15) is 23.9 Å². The lowest BCUT2D eigenvalue weighted by Crippen LogP contribution is -2.10. The number of nitrogens with one attached hydrogen (secondary N) is 2. The molecular weight excluding hydrogens is 500 g/mol. The van der Waals surface area contributed by atoms with E-state index in [1.807, 2.05) is 12.1 Å². The summed E-state index contributed by atoms with van der Waals surface area (Å²) in [5.41, 5.74) is 7.56. The third-order valence-corrected chi connectivity index (χ3v) is 5.72. The molecule has 0 spiro atoms. The van der Waals surface area contributed by atoms with Gasteiger partial charge in [-0.3, -0.25) is 4.98 Å². The Hall–Kier alpha value is -4.51. The fraction of sp³-hybridized carbons (Fsp3) is 0.148. The van der Waals surface area contributed by atoms with Crippen LogP contribution in [0.25, 0.3) is 33.5 Å². The van der Waals surface area contributed by atoms with E-state index in [9.17, 15) is 17.6 Å². The van der Waals surface area contributed by atoms with Gasteiger partial charge in [0.15, 0.2) is 11.6 Å². The first-order chi connectivity index (χ1) is 18.4. The molecule has 5 rings (SSSR count). The Balaban J connectivity index is 1.56. The van der Waals surface area contributed by atoms with Gasteiger partial charge in [-0.25, -0.2) is 27.5 Å². The standard InChI is InChI=1S/C27H22F4N6O/c28-18-3-1-4-20(24(18)29)34-14-23-36-25(26(37-23)21-5-2-6-22(35-21)27(30)31)15-7-8-19-16(11-15)12-17(13-33-19)38-10-9-32/h1-8,11-13,27,34H,9-10,14,32H2,(H,36,37). The van der Waals surface area contributed by atoms with E-state index in [1.165, 1.54) is 24.3 Å². The molecule has 5 aromatic rings. The molecule has 3 heterocycles. The van der Waals surface area contributed by atoms with Crippen LogP contribution in [-0.2, 0) is 6.54 Å². The number of anilines is 1. The molecule has 0 aliphatic rings. The van der Waals surface area contributed by atoms with Crippen molar-refractivity contribution in [3.8, 4) is 28.4 Å². The number of nitrogens with zero attached hydrogens (tertiary/aromatic N) is 3. The third kappa shape index (κ3) is 5.28. The number of rotatable bonds is 9. The van der Waals surface area contributed by atoms with Gasteiger partial charge in [0.25, 0.3) is 6.43 Å². The molecule has 38 heavy (non-hydrogen) atoms. The van der Waals surface area contributed by atoms with E-state index >= 15 is 0 Å². The zero-order valence-electron chi connectivity index (χ0n) is 19.9. The number of imidazole rings is 1. The van der Waals surface area contributed by atoms with Crippen molar-refractivity contribution in [1.29, 1.82) is 0 Å². The molecule has 4 N–H and O–H groups in total. The average molecular weight is 523 g/mol. The number of benzene rings is 2. The Bertz CT molecular complexity index is 1590. The second kappa shape index (κ2) is 10.9. The van der Waals surface area contributed by atoms with Crippen LogP contribution in [0.3, 0.4) is 0 Å². The quantitative estimate of drug-likeness (QED) is 0.210. The van der Waals surface area contributed by atoms with E-state index in [0.29, 0.717) is 47.2 Å². The van der Waals surface area contributed by atoms with Gasteiger partial charge in [-0.15, -0.1) is 0 Å². The molecular formula is C27H22F4N6O. The summed E-state index contributed by atoms with van der Waals surface area (Å²) in [5, 5.41) is 3.58. The SMILES string of the molecule is NCCOc1cnc2ccc(-c3nc(CNc4cccc(F)c4F)[nH]c3-c3cccc(C(F)F)n3)cc2c1. The molecule has 0 atom stereocenters. The maximum atomic E-state index is 14.1. The van der Waals surface area contributed by atoms with E-state index in [4.69, 9.17) is 10.5 Å². The van der Waals surface area contributed by atoms with Crippen molar-refractivity contribution in [1.82, 2.24) is 19.9 Å². The zero-order chi connectivity index (χ0) is 26.6. The maximum absolute atomic E-state index is 14.1. The highest BCUT2D eigenvalue weighted by molar-refractivity contribution is 5.87. The molecule has 7 nitrogen and oxygen atoms in total. The van der Waals surface area contributed by atoms with Crippen LogP contribution in [0.5, 0.6) is 5.75 Å². The van der Waals surface area contributed by atoms with Crippen LogP contribution < -0.4 is 15.8 Å². The number of alkyl halides is 2. The van der Waals surface area contributed by atoms with E-state index in [2.05, 4.69) is 25.3 Å². The van der Waals surface area contributed by atoms with E-state index < -0.39 is 18.1 Å². The molecule has 0 radical (unpaired) electrons. The second-order valence-electron chi connectivity index (χ2n) is 8.33. The molecule has 0 saturated carbocycles. The lowest BCUT2D eigenvalue weighted by Gasteiger charge is -2.08. The average Bonchev–Trinajstić information content (AvgIpc) is 3.36. The lowest BCUT2D eigenvalue weighted by molar-refractivity contribution is 0.146. The summed E-state index contributed by atoms with van der Waals surface area (Å²) in [6.07, 6.45) is -1.15. The van der Waals surface area contributed by atoms with Crippen molar-refractivity contribution < 1.29 is 22.3 Å². The molecule has 0 amide bonds. The van der Waals surface area contributed by atoms with Crippen molar-refractivity contribution in [2.75, 3.05) is 18.5 Å². The van der Waals surface area contributed by atoms with Crippen LogP contribution in [0.1, 0.15) is 17.9 Å². The summed E-state index contributed by atoms with van der Waals surface area (Å²) in [6, 6.07) is 15.4. The molecule has 11 heteroatoms. The number of pyridine rings is 2. The highest BCUT2D eigenvalue weighted by atomic mass is 19.3. The summed E-state index contributed by atoms with van der Waals surface area (Å²) >= 11 is 0. The fourth-order valence-electron chi connectivity index (χ4n) is 3.95. The van der Waals surface area contributed by atoms with E-state index in [1.54, 1.807) is 24.4 Å².